The summed E-state index contributed by atoms with van der Waals surface area (Å²) in [4.78, 5) is 17.4. The fourth-order valence-electron chi connectivity index (χ4n) is 5.60. The number of nitrogens with zero attached hydrogens (tertiary/aromatic N) is 6. The van der Waals surface area contributed by atoms with Gasteiger partial charge in [-0.25, -0.2) is 26.7 Å². The van der Waals surface area contributed by atoms with Crippen LogP contribution in [0.4, 0.5) is 29.6 Å². The van der Waals surface area contributed by atoms with Crippen molar-refractivity contribution in [1.29, 1.82) is 0 Å². The van der Waals surface area contributed by atoms with E-state index in [1.807, 2.05) is 0 Å². The molecule has 6 rings (SSSR count). The van der Waals surface area contributed by atoms with Crippen molar-refractivity contribution in [2.75, 3.05) is 30.4 Å². The normalized spacial score (nSPS) is 14.9. The van der Waals surface area contributed by atoms with Gasteiger partial charge in [-0.2, -0.15) is 23.3 Å². The number of nitrogen functional groups attached to an aromatic ring is 1. The molecule has 46 heavy (non-hydrogen) atoms. The summed E-state index contributed by atoms with van der Waals surface area (Å²) in [6.45, 7) is 2.35. The molecule has 2 aromatic carbocycles. The van der Waals surface area contributed by atoms with E-state index in [1.165, 1.54) is 14.9 Å². The van der Waals surface area contributed by atoms with Crippen molar-refractivity contribution in [2.24, 2.45) is 0 Å². The van der Waals surface area contributed by atoms with Crippen LogP contribution in [-0.2, 0) is 16.2 Å². The second-order valence-corrected chi connectivity index (χ2v) is 13.1. The number of nitrogens with one attached hydrogen (secondary N) is 2. The van der Waals surface area contributed by atoms with Crippen molar-refractivity contribution in [1.82, 2.24) is 34.0 Å². The molecule has 16 heteroatoms. The average Bonchev–Trinajstić information content (AvgIpc) is 3.63. The second kappa shape index (κ2) is 11.8. The molecule has 2 amide bonds. The van der Waals surface area contributed by atoms with E-state index < -0.39 is 27.8 Å². The van der Waals surface area contributed by atoms with Crippen molar-refractivity contribution in [3.05, 3.63) is 78.1 Å². The number of benzene rings is 2. The molecule has 1 aliphatic heterocycles. The number of carbonyl (C=O) groups excluding carboxylic acids is 1. The Kier molecular flexibility index (Phi) is 7.93. The molecule has 12 nitrogen and oxygen atoms in total. The molecule has 1 saturated heterocycles. The number of amides is 2. The van der Waals surface area contributed by atoms with Crippen LogP contribution in [0.3, 0.4) is 0 Å². The lowest BCUT2D eigenvalue weighted by molar-refractivity contribution is -0.137. The Balaban J connectivity index is 1.39. The minimum atomic E-state index is -4.57. The second-order valence-electron chi connectivity index (χ2n) is 11.1. The largest absolute Gasteiger partial charge is 0.416 e. The molecule has 5 aromatic rings. The number of aromatic nitrogens is 5. The lowest BCUT2D eigenvalue weighted by atomic mass is 9.95. The predicted molar refractivity (Wildman–Crippen MR) is 167 cm³/mol. The number of hydrogen-bond acceptors (Lipinski definition) is 7. The Morgan fingerprint density at radius 3 is 2.46 bits per heavy atom. The van der Waals surface area contributed by atoms with Gasteiger partial charge in [0, 0.05) is 42.1 Å². The molecule has 0 atom stereocenters. The maximum absolute atomic E-state index is 13.7. The summed E-state index contributed by atoms with van der Waals surface area (Å²) in [5, 5.41) is 14.4. The molecule has 0 spiro atoms. The molecule has 1 fully saturated rings. The third kappa shape index (κ3) is 6.25. The Hall–Kier alpha value is -4.96. The number of sulfonamides is 1. The van der Waals surface area contributed by atoms with Gasteiger partial charge in [0.05, 0.1) is 29.4 Å². The number of anilines is 2. The highest BCUT2D eigenvalue weighted by Crippen LogP contribution is 2.38. The minimum Gasteiger partial charge on any atom is -0.399 e. The first-order chi connectivity index (χ1) is 21.8. The van der Waals surface area contributed by atoms with Crippen molar-refractivity contribution in [3.63, 3.8) is 0 Å². The van der Waals surface area contributed by atoms with Crippen LogP contribution >= 0.6 is 0 Å². The number of urea groups is 1. The van der Waals surface area contributed by atoms with E-state index in [-0.39, 0.29) is 36.3 Å². The molecule has 0 bridgehead atoms. The summed E-state index contributed by atoms with van der Waals surface area (Å²) in [7, 11) is -3.31. The summed E-state index contributed by atoms with van der Waals surface area (Å²) in [6.07, 6.45) is 0.741. The van der Waals surface area contributed by atoms with Crippen molar-refractivity contribution in [2.45, 2.75) is 32.0 Å². The van der Waals surface area contributed by atoms with E-state index in [1.54, 1.807) is 60.4 Å². The number of rotatable bonds is 6. The molecule has 0 aliphatic carbocycles. The van der Waals surface area contributed by atoms with Crippen LogP contribution < -0.4 is 16.4 Å². The maximum atomic E-state index is 13.7. The number of alkyl halides is 3. The summed E-state index contributed by atoms with van der Waals surface area (Å²) in [5.74, 6) is -0.0668. The summed E-state index contributed by atoms with van der Waals surface area (Å²) < 4.78 is 69.3. The molecule has 1 aliphatic rings. The number of piperidine rings is 1. The Morgan fingerprint density at radius 2 is 1.78 bits per heavy atom. The quantitative estimate of drug-likeness (QED) is 0.225. The van der Waals surface area contributed by atoms with Crippen LogP contribution in [0, 0.1) is 6.92 Å². The van der Waals surface area contributed by atoms with Crippen LogP contribution in [0.15, 0.2) is 67.0 Å². The van der Waals surface area contributed by atoms with Crippen LogP contribution in [0.2, 0.25) is 0 Å². The van der Waals surface area contributed by atoms with E-state index >= 15 is 0 Å². The molecule has 0 saturated carbocycles. The fraction of sp³-hybridized carbons (Fsp3) is 0.267. The molecule has 240 valence electrons. The van der Waals surface area contributed by atoms with Crippen molar-refractivity contribution in [3.8, 4) is 28.1 Å². The molecule has 4 N–H and O–H groups in total. The zero-order chi connectivity index (χ0) is 32.8. The first kappa shape index (κ1) is 31.0. The van der Waals surface area contributed by atoms with Crippen molar-refractivity contribution < 1.29 is 26.4 Å². The van der Waals surface area contributed by atoms with Crippen LogP contribution in [0.5, 0.6) is 0 Å². The first-order valence-corrected chi connectivity index (χ1v) is 16.1. The van der Waals surface area contributed by atoms with Gasteiger partial charge in [-0.15, -0.1) is 5.10 Å². The smallest absolute Gasteiger partial charge is 0.399 e. The van der Waals surface area contributed by atoms with Gasteiger partial charge >= 0.3 is 12.2 Å². The number of nitrogens with two attached hydrogens (primary N) is 1. The molecule has 0 unspecified atom stereocenters. The highest BCUT2D eigenvalue weighted by atomic mass is 32.2. The van der Waals surface area contributed by atoms with Crippen LogP contribution in [-0.4, -0.2) is 68.5 Å². The van der Waals surface area contributed by atoms with Gasteiger partial charge in [-0.3, -0.25) is 5.32 Å². The van der Waals surface area contributed by atoms with E-state index in [0.717, 1.165) is 18.4 Å². The minimum absolute atomic E-state index is 0.0668. The van der Waals surface area contributed by atoms with Crippen LogP contribution in [0.25, 0.3) is 33.7 Å². The lowest BCUT2D eigenvalue weighted by Gasteiger charge is -2.30. The van der Waals surface area contributed by atoms with Crippen molar-refractivity contribution >= 4 is 33.3 Å². The highest BCUT2D eigenvalue weighted by molar-refractivity contribution is 7.88. The highest BCUT2D eigenvalue weighted by Gasteiger charge is 2.31. The van der Waals surface area contributed by atoms with Gasteiger partial charge in [0.2, 0.25) is 10.0 Å². The Labute approximate surface area is 262 Å². The van der Waals surface area contributed by atoms with Gasteiger partial charge in [0.25, 0.3) is 5.95 Å². The van der Waals surface area contributed by atoms with E-state index in [4.69, 9.17) is 5.73 Å². The van der Waals surface area contributed by atoms with Crippen LogP contribution in [0.1, 0.15) is 24.0 Å². The van der Waals surface area contributed by atoms with E-state index in [0.29, 0.717) is 46.6 Å². The van der Waals surface area contributed by atoms with Gasteiger partial charge in [0.1, 0.15) is 0 Å². The standard InChI is InChI=1S/C30H30F3N9O3S/c1-18-24(25-10-13-35-42(25)23-8-6-21(34)7-9-23)17-41-27(26(18)19-4-3-5-20(16-19)30(31,32)33)37-28(39-41)38-29(43)36-22-11-14-40(15-12-22)46(2,44)45/h3-10,13,16-17,22H,11-12,14-15,34H2,1-2H3,(H2,36,38,39,43). The third-order valence-corrected chi connectivity index (χ3v) is 9.21. The van der Waals surface area contributed by atoms with Gasteiger partial charge in [-0.05, 0) is 73.4 Å². The summed E-state index contributed by atoms with van der Waals surface area (Å²) in [6, 6.07) is 12.9. The van der Waals surface area contributed by atoms with E-state index in [9.17, 15) is 26.4 Å². The third-order valence-electron chi connectivity index (χ3n) is 7.90. The zero-order valence-electron chi connectivity index (χ0n) is 24.8. The topological polar surface area (TPSA) is 153 Å². The number of carbonyl (C=O) groups is 1. The van der Waals surface area contributed by atoms with E-state index in [2.05, 4.69) is 25.8 Å². The first-order valence-electron chi connectivity index (χ1n) is 14.3. The lowest BCUT2D eigenvalue weighted by Crippen LogP contribution is -2.47. The molecule has 0 radical (unpaired) electrons. The van der Waals surface area contributed by atoms with Gasteiger partial charge < -0.3 is 11.1 Å². The SMILES string of the molecule is Cc1c(-c2ccnn2-c2ccc(N)cc2)cn2nc(NC(=O)NC3CCN(S(C)(=O)=O)CC3)nc2c1-c1cccc(C(F)(F)F)c1. The number of fused-ring (bicyclic) bond motifs is 1. The summed E-state index contributed by atoms with van der Waals surface area (Å²) >= 11 is 0. The summed E-state index contributed by atoms with van der Waals surface area (Å²) in [5.41, 5.74) is 9.10. The fourth-order valence-corrected chi connectivity index (χ4v) is 6.47. The molecule has 4 heterocycles. The Morgan fingerprint density at radius 1 is 1.07 bits per heavy atom. The Bertz CT molecular complexity index is 2030. The number of pyridine rings is 1. The van der Waals surface area contributed by atoms with Gasteiger partial charge in [0.15, 0.2) is 5.65 Å². The predicted octanol–water partition coefficient (Wildman–Crippen LogP) is 4.70. The number of hydrogen-bond donors (Lipinski definition) is 3. The zero-order valence-corrected chi connectivity index (χ0v) is 25.6. The maximum Gasteiger partial charge on any atom is 0.416 e. The molecule has 3 aromatic heterocycles. The average molecular weight is 654 g/mol. The number of halogens is 3. The monoisotopic (exact) mass is 653 g/mol. The van der Waals surface area contributed by atoms with Gasteiger partial charge in [-0.1, -0.05) is 12.1 Å². The molecular formula is C30H30F3N9O3S. The molecular weight excluding hydrogens is 623 g/mol.